The average molecular weight is 223 g/mol. The summed E-state index contributed by atoms with van der Waals surface area (Å²) in [5, 5.41) is 21.1. The van der Waals surface area contributed by atoms with Crippen LogP contribution in [-0.2, 0) is 6.42 Å². The molecule has 0 radical (unpaired) electrons. The molecular weight excluding hydrogens is 202 g/mol. The maximum Gasteiger partial charge on any atom is 0.0771 e. The Morgan fingerprint density at radius 1 is 1.12 bits per heavy atom. The van der Waals surface area contributed by atoms with Gasteiger partial charge < -0.3 is 15.5 Å². The van der Waals surface area contributed by atoms with Crippen molar-refractivity contribution in [2.24, 2.45) is 0 Å². The second-order valence-corrected chi connectivity index (χ2v) is 3.96. The zero-order valence-corrected chi connectivity index (χ0v) is 9.60. The lowest BCUT2D eigenvalue weighted by atomic mass is 10.1. The molecule has 90 valence electrons. The van der Waals surface area contributed by atoms with Crippen LogP contribution in [0.3, 0.4) is 0 Å². The van der Waals surface area contributed by atoms with Crippen LogP contribution in [0.4, 0.5) is 0 Å². The predicted octanol–water partition coefficient (Wildman–Crippen LogP) is 0.952. The summed E-state index contributed by atoms with van der Waals surface area (Å²) in [5.41, 5.74) is 1.34. The standard InChI is InChI=1S/C13H21NO2/c15-11-13(16)7-4-9-14-10-8-12-5-2-1-3-6-12/h1-3,5-6,13-16H,4,7-11H2. The molecule has 0 fully saturated rings. The van der Waals surface area contributed by atoms with Crippen molar-refractivity contribution in [3.8, 4) is 0 Å². The quantitative estimate of drug-likeness (QED) is 0.575. The fourth-order valence-electron chi connectivity index (χ4n) is 1.56. The van der Waals surface area contributed by atoms with Crippen molar-refractivity contribution < 1.29 is 10.2 Å². The molecule has 16 heavy (non-hydrogen) atoms. The van der Waals surface area contributed by atoms with E-state index in [1.807, 2.05) is 18.2 Å². The van der Waals surface area contributed by atoms with E-state index in [0.717, 1.165) is 25.9 Å². The molecule has 3 heteroatoms. The third kappa shape index (κ3) is 5.85. The van der Waals surface area contributed by atoms with E-state index in [1.54, 1.807) is 0 Å². The summed E-state index contributed by atoms with van der Waals surface area (Å²) < 4.78 is 0. The predicted molar refractivity (Wildman–Crippen MR) is 65.3 cm³/mol. The fourth-order valence-corrected chi connectivity index (χ4v) is 1.56. The third-order valence-electron chi connectivity index (χ3n) is 2.53. The lowest BCUT2D eigenvalue weighted by Gasteiger charge is -2.07. The number of rotatable bonds is 8. The van der Waals surface area contributed by atoms with Gasteiger partial charge in [-0.2, -0.15) is 0 Å². The van der Waals surface area contributed by atoms with Crippen LogP contribution in [0, 0.1) is 0 Å². The van der Waals surface area contributed by atoms with E-state index < -0.39 is 6.10 Å². The molecule has 1 aromatic rings. The molecule has 1 aromatic carbocycles. The lowest BCUT2D eigenvalue weighted by molar-refractivity contribution is 0.0866. The Labute approximate surface area is 97.1 Å². The Bertz CT molecular complexity index is 264. The zero-order chi connectivity index (χ0) is 11.6. The Morgan fingerprint density at radius 3 is 2.56 bits per heavy atom. The third-order valence-corrected chi connectivity index (χ3v) is 2.53. The number of benzene rings is 1. The first-order chi connectivity index (χ1) is 7.83. The molecule has 1 unspecified atom stereocenters. The number of hydrogen-bond acceptors (Lipinski definition) is 3. The fraction of sp³-hybridized carbons (Fsp3) is 0.538. The largest absolute Gasteiger partial charge is 0.394 e. The second kappa shape index (κ2) is 8.28. The summed E-state index contributed by atoms with van der Waals surface area (Å²) in [7, 11) is 0. The van der Waals surface area contributed by atoms with E-state index in [9.17, 15) is 0 Å². The van der Waals surface area contributed by atoms with Crippen LogP contribution in [-0.4, -0.2) is 36.0 Å². The van der Waals surface area contributed by atoms with Crippen LogP contribution in [0.2, 0.25) is 0 Å². The van der Waals surface area contributed by atoms with Crippen molar-refractivity contribution >= 4 is 0 Å². The Morgan fingerprint density at radius 2 is 1.88 bits per heavy atom. The molecule has 1 atom stereocenters. The van der Waals surface area contributed by atoms with Crippen molar-refractivity contribution in [2.75, 3.05) is 19.7 Å². The van der Waals surface area contributed by atoms with Gasteiger partial charge in [-0.15, -0.1) is 0 Å². The van der Waals surface area contributed by atoms with Gasteiger partial charge >= 0.3 is 0 Å². The average Bonchev–Trinajstić information content (AvgIpc) is 2.34. The Hall–Kier alpha value is -0.900. The van der Waals surface area contributed by atoms with Gasteiger partial charge in [0.15, 0.2) is 0 Å². The molecule has 0 aliphatic heterocycles. The molecule has 0 amide bonds. The van der Waals surface area contributed by atoms with Gasteiger partial charge in [0.2, 0.25) is 0 Å². The normalized spacial score (nSPS) is 12.6. The minimum atomic E-state index is -0.559. The Kier molecular flexibility index (Phi) is 6.81. The van der Waals surface area contributed by atoms with Gasteiger partial charge in [0.1, 0.15) is 0 Å². The SMILES string of the molecule is OCC(O)CCCNCCc1ccccc1. The van der Waals surface area contributed by atoms with Gasteiger partial charge in [-0.05, 0) is 37.9 Å². The highest BCUT2D eigenvalue weighted by molar-refractivity contribution is 5.14. The van der Waals surface area contributed by atoms with E-state index >= 15 is 0 Å². The van der Waals surface area contributed by atoms with E-state index in [1.165, 1.54) is 5.56 Å². The molecule has 0 bridgehead atoms. The summed E-state index contributed by atoms with van der Waals surface area (Å²) in [6.45, 7) is 1.72. The molecule has 0 saturated carbocycles. The van der Waals surface area contributed by atoms with E-state index in [4.69, 9.17) is 10.2 Å². The van der Waals surface area contributed by atoms with Crippen LogP contribution >= 0.6 is 0 Å². The first-order valence-electron chi connectivity index (χ1n) is 5.86. The van der Waals surface area contributed by atoms with E-state index in [2.05, 4.69) is 17.4 Å². The molecule has 0 saturated heterocycles. The molecule has 0 spiro atoms. The van der Waals surface area contributed by atoms with Crippen molar-refractivity contribution in [2.45, 2.75) is 25.4 Å². The maximum absolute atomic E-state index is 9.11. The van der Waals surface area contributed by atoms with Crippen molar-refractivity contribution in [3.05, 3.63) is 35.9 Å². The molecule has 0 aliphatic rings. The molecule has 0 aromatic heterocycles. The molecular formula is C13H21NO2. The topological polar surface area (TPSA) is 52.5 Å². The summed E-state index contributed by atoms with van der Waals surface area (Å²) in [5.74, 6) is 0. The highest BCUT2D eigenvalue weighted by Gasteiger charge is 2.00. The highest BCUT2D eigenvalue weighted by atomic mass is 16.3. The molecule has 0 aliphatic carbocycles. The lowest BCUT2D eigenvalue weighted by Crippen LogP contribution is -2.21. The smallest absolute Gasteiger partial charge is 0.0771 e. The maximum atomic E-state index is 9.11. The minimum Gasteiger partial charge on any atom is -0.394 e. The Balaban J connectivity index is 1.96. The van der Waals surface area contributed by atoms with E-state index in [-0.39, 0.29) is 6.61 Å². The summed E-state index contributed by atoms with van der Waals surface area (Å²) in [6.07, 6.45) is 2.03. The van der Waals surface area contributed by atoms with Gasteiger partial charge in [0.25, 0.3) is 0 Å². The van der Waals surface area contributed by atoms with Gasteiger partial charge in [0.05, 0.1) is 12.7 Å². The van der Waals surface area contributed by atoms with Crippen molar-refractivity contribution in [1.29, 1.82) is 0 Å². The van der Waals surface area contributed by atoms with Crippen LogP contribution in [0.15, 0.2) is 30.3 Å². The zero-order valence-electron chi connectivity index (χ0n) is 9.60. The summed E-state index contributed by atoms with van der Waals surface area (Å²) in [4.78, 5) is 0. The molecule has 3 N–H and O–H groups in total. The number of aliphatic hydroxyl groups is 2. The first kappa shape index (κ1) is 13.2. The first-order valence-corrected chi connectivity index (χ1v) is 5.86. The summed E-state index contributed by atoms with van der Waals surface area (Å²) in [6, 6.07) is 10.4. The monoisotopic (exact) mass is 223 g/mol. The van der Waals surface area contributed by atoms with E-state index in [0.29, 0.717) is 6.42 Å². The van der Waals surface area contributed by atoms with Gasteiger partial charge in [-0.3, -0.25) is 0 Å². The minimum absolute atomic E-state index is 0.135. The number of nitrogens with one attached hydrogen (secondary N) is 1. The number of hydrogen-bond donors (Lipinski definition) is 3. The molecule has 3 nitrogen and oxygen atoms in total. The molecule has 1 rings (SSSR count). The van der Waals surface area contributed by atoms with Gasteiger partial charge in [-0.25, -0.2) is 0 Å². The summed E-state index contributed by atoms with van der Waals surface area (Å²) >= 11 is 0. The van der Waals surface area contributed by atoms with Crippen molar-refractivity contribution in [1.82, 2.24) is 5.32 Å². The highest BCUT2D eigenvalue weighted by Crippen LogP contribution is 1.98. The number of aliphatic hydroxyl groups excluding tert-OH is 2. The second-order valence-electron chi connectivity index (χ2n) is 3.96. The van der Waals surface area contributed by atoms with Gasteiger partial charge in [-0.1, -0.05) is 30.3 Å². The molecule has 0 heterocycles. The van der Waals surface area contributed by atoms with Crippen LogP contribution in [0.1, 0.15) is 18.4 Å². The van der Waals surface area contributed by atoms with Crippen LogP contribution < -0.4 is 5.32 Å². The van der Waals surface area contributed by atoms with Crippen molar-refractivity contribution in [3.63, 3.8) is 0 Å². The van der Waals surface area contributed by atoms with Gasteiger partial charge in [0, 0.05) is 0 Å². The van der Waals surface area contributed by atoms with Crippen LogP contribution in [0.5, 0.6) is 0 Å². The van der Waals surface area contributed by atoms with Crippen LogP contribution in [0.25, 0.3) is 0 Å².